The van der Waals surface area contributed by atoms with E-state index in [9.17, 15) is 13.2 Å². The number of amides is 1. The number of ether oxygens (including phenoxy) is 1. The van der Waals surface area contributed by atoms with E-state index in [0.29, 0.717) is 25.9 Å². The molecule has 3 rings (SSSR count). The number of methoxy groups -OCH3 is 1. The Hall–Kier alpha value is -2.42. The quantitative estimate of drug-likeness (QED) is 0.676. The summed E-state index contributed by atoms with van der Waals surface area (Å²) in [5.41, 5.74) is 1.95. The van der Waals surface area contributed by atoms with Crippen LogP contribution in [-0.2, 0) is 14.8 Å². The topological polar surface area (TPSA) is 79.0 Å². The first kappa shape index (κ1) is 23.2. The van der Waals surface area contributed by atoms with Crippen molar-refractivity contribution in [3.05, 3.63) is 59.7 Å². The van der Waals surface area contributed by atoms with Crippen LogP contribution < -0.4 is 10.1 Å². The second-order valence-electron chi connectivity index (χ2n) is 8.05. The highest BCUT2D eigenvalue weighted by Crippen LogP contribution is 2.29. The summed E-state index contributed by atoms with van der Waals surface area (Å²) in [7, 11) is 1.77. The van der Waals surface area contributed by atoms with Gasteiger partial charge < -0.3 is 15.0 Å². The number of sulfonamides is 1. The minimum absolute atomic E-state index is 0.108. The molecule has 2 unspecified atom stereocenters. The summed E-state index contributed by atoms with van der Waals surface area (Å²) >= 11 is 0. The van der Waals surface area contributed by atoms with Crippen LogP contribution in [-0.4, -0.2) is 63.9 Å². The number of hydrogen-bond donors (Lipinski definition) is 1. The summed E-state index contributed by atoms with van der Waals surface area (Å²) in [6.45, 7) is 2.60. The Bertz CT molecular complexity index is 1010. The lowest BCUT2D eigenvalue weighted by atomic mass is 10.0. The van der Waals surface area contributed by atoms with Crippen molar-refractivity contribution in [1.82, 2.24) is 14.5 Å². The normalized spacial score (nSPS) is 18.2. The number of likely N-dealkylation sites (N-methyl/N-ethyl adjacent to an activating group) is 1. The molecule has 1 N–H and O–H groups in total. The van der Waals surface area contributed by atoms with Crippen LogP contribution in [0.15, 0.2) is 53.4 Å². The molecule has 2 atom stereocenters. The lowest BCUT2D eigenvalue weighted by Crippen LogP contribution is -2.47. The summed E-state index contributed by atoms with van der Waals surface area (Å²) in [6, 6.07) is 13.6. The lowest BCUT2D eigenvalue weighted by Gasteiger charge is -2.28. The fraction of sp³-hybridized carbons (Fsp3) is 0.435. The zero-order chi connectivity index (χ0) is 22.6. The molecule has 1 aliphatic heterocycles. The molecule has 2 aromatic rings. The van der Waals surface area contributed by atoms with Gasteiger partial charge in [-0.1, -0.05) is 35.9 Å². The first-order chi connectivity index (χ1) is 14.8. The van der Waals surface area contributed by atoms with E-state index in [2.05, 4.69) is 5.32 Å². The maximum atomic E-state index is 13.1. The molecule has 31 heavy (non-hydrogen) atoms. The molecule has 2 aromatic carbocycles. The Morgan fingerprint density at radius 2 is 1.87 bits per heavy atom. The highest BCUT2D eigenvalue weighted by atomic mass is 32.2. The van der Waals surface area contributed by atoms with Gasteiger partial charge in [0.25, 0.3) is 0 Å². The van der Waals surface area contributed by atoms with Crippen LogP contribution in [0.3, 0.4) is 0 Å². The number of aryl methyl sites for hydroxylation is 1. The third-order valence-electron chi connectivity index (χ3n) is 5.72. The number of nitrogens with zero attached hydrogens (tertiary/aromatic N) is 2. The SMILES string of the molecule is COc1ccccc1C(CNC(=O)C1CCCN1S(=O)(=O)c1ccc(C)cc1)N(C)C. The Labute approximate surface area is 185 Å². The summed E-state index contributed by atoms with van der Waals surface area (Å²) in [6.07, 6.45) is 1.17. The second-order valence-corrected chi connectivity index (χ2v) is 9.94. The van der Waals surface area contributed by atoms with Crippen molar-refractivity contribution in [2.75, 3.05) is 34.3 Å². The number of nitrogens with one attached hydrogen (secondary N) is 1. The Morgan fingerprint density at radius 1 is 1.19 bits per heavy atom. The van der Waals surface area contributed by atoms with E-state index in [1.54, 1.807) is 31.4 Å². The maximum Gasteiger partial charge on any atom is 0.243 e. The summed E-state index contributed by atoms with van der Waals surface area (Å²) < 4.78 is 33.1. The van der Waals surface area contributed by atoms with Gasteiger partial charge in [0.1, 0.15) is 11.8 Å². The van der Waals surface area contributed by atoms with Crippen LogP contribution in [0.1, 0.15) is 30.0 Å². The van der Waals surface area contributed by atoms with E-state index >= 15 is 0 Å². The van der Waals surface area contributed by atoms with E-state index in [1.807, 2.05) is 50.2 Å². The van der Waals surface area contributed by atoms with Gasteiger partial charge in [-0.05, 0) is 52.1 Å². The Balaban J connectivity index is 1.75. The zero-order valence-electron chi connectivity index (χ0n) is 18.5. The maximum absolute atomic E-state index is 13.1. The van der Waals surface area contributed by atoms with Gasteiger partial charge in [-0.2, -0.15) is 4.31 Å². The third-order valence-corrected chi connectivity index (χ3v) is 7.65. The van der Waals surface area contributed by atoms with Crippen molar-refractivity contribution in [3.8, 4) is 5.75 Å². The van der Waals surface area contributed by atoms with Crippen LogP contribution in [0.2, 0.25) is 0 Å². The zero-order valence-corrected chi connectivity index (χ0v) is 19.4. The van der Waals surface area contributed by atoms with Crippen LogP contribution in [0.4, 0.5) is 0 Å². The smallest absolute Gasteiger partial charge is 0.243 e. The first-order valence-corrected chi connectivity index (χ1v) is 11.8. The van der Waals surface area contributed by atoms with E-state index in [-0.39, 0.29) is 16.8 Å². The molecule has 7 nitrogen and oxygen atoms in total. The molecule has 1 aliphatic rings. The van der Waals surface area contributed by atoms with Crippen molar-refractivity contribution in [2.45, 2.75) is 36.7 Å². The Morgan fingerprint density at radius 3 is 2.52 bits per heavy atom. The molecule has 1 amide bonds. The predicted molar refractivity (Wildman–Crippen MR) is 121 cm³/mol. The number of benzene rings is 2. The number of rotatable bonds is 8. The minimum atomic E-state index is -3.73. The highest BCUT2D eigenvalue weighted by Gasteiger charge is 2.39. The average Bonchev–Trinajstić information content (AvgIpc) is 3.25. The van der Waals surface area contributed by atoms with Gasteiger partial charge in [0.2, 0.25) is 15.9 Å². The molecule has 0 spiro atoms. The minimum Gasteiger partial charge on any atom is -0.496 e. The Kier molecular flexibility index (Phi) is 7.35. The molecule has 1 fully saturated rings. The van der Waals surface area contributed by atoms with Crippen molar-refractivity contribution in [3.63, 3.8) is 0 Å². The summed E-state index contributed by atoms with van der Waals surface area (Å²) in [4.78, 5) is 15.3. The van der Waals surface area contributed by atoms with E-state index in [4.69, 9.17) is 4.74 Å². The van der Waals surface area contributed by atoms with Gasteiger partial charge in [0.05, 0.1) is 18.0 Å². The van der Waals surface area contributed by atoms with Crippen LogP contribution in [0, 0.1) is 6.92 Å². The van der Waals surface area contributed by atoms with Crippen molar-refractivity contribution in [2.24, 2.45) is 0 Å². The summed E-state index contributed by atoms with van der Waals surface area (Å²) in [5, 5.41) is 2.98. The van der Waals surface area contributed by atoms with Gasteiger partial charge in [-0.25, -0.2) is 8.42 Å². The molecule has 8 heteroatoms. The number of carbonyl (C=O) groups excluding carboxylic acids is 1. The predicted octanol–water partition coefficient (Wildman–Crippen LogP) is 2.58. The molecule has 0 radical (unpaired) electrons. The highest BCUT2D eigenvalue weighted by molar-refractivity contribution is 7.89. The van der Waals surface area contributed by atoms with Crippen molar-refractivity contribution in [1.29, 1.82) is 0 Å². The monoisotopic (exact) mass is 445 g/mol. The number of para-hydroxylation sites is 1. The molecule has 0 bridgehead atoms. The fourth-order valence-corrected chi connectivity index (χ4v) is 5.62. The molecule has 0 saturated carbocycles. The first-order valence-electron chi connectivity index (χ1n) is 10.4. The van der Waals surface area contributed by atoms with Crippen molar-refractivity contribution < 1.29 is 17.9 Å². The summed E-state index contributed by atoms with van der Waals surface area (Å²) in [5.74, 6) is 0.481. The van der Waals surface area contributed by atoms with Crippen LogP contribution in [0.5, 0.6) is 5.75 Å². The largest absolute Gasteiger partial charge is 0.496 e. The van der Waals surface area contributed by atoms with Gasteiger partial charge in [-0.15, -0.1) is 0 Å². The van der Waals surface area contributed by atoms with Crippen LogP contribution >= 0.6 is 0 Å². The molecule has 0 aromatic heterocycles. The van der Waals surface area contributed by atoms with Gasteiger partial charge in [0, 0.05) is 18.7 Å². The third kappa shape index (κ3) is 5.08. The molecule has 1 heterocycles. The molecular formula is C23H31N3O4S. The number of carbonyl (C=O) groups is 1. The van der Waals surface area contributed by atoms with E-state index in [1.165, 1.54) is 4.31 Å². The molecule has 168 valence electrons. The van der Waals surface area contributed by atoms with Gasteiger partial charge in [-0.3, -0.25) is 4.79 Å². The lowest BCUT2D eigenvalue weighted by molar-refractivity contribution is -0.124. The standard InChI is InChI=1S/C23H31N3O4S/c1-17-11-13-18(14-12-17)31(28,29)26-15-7-9-20(26)23(27)24-16-21(25(2)3)19-8-5-6-10-22(19)30-4/h5-6,8,10-14,20-21H,7,9,15-16H2,1-4H3,(H,24,27). The molecule has 0 aliphatic carbocycles. The van der Waals surface area contributed by atoms with E-state index in [0.717, 1.165) is 16.9 Å². The van der Waals surface area contributed by atoms with Crippen molar-refractivity contribution >= 4 is 15.9 Å². The average molecular weight is 446 g/mol. The van der Waals surface area contributed by atoms with Gasteiger partial charge >= 0.3 is 0 Å². The van der Waals surface area contributed by atoms with E-state index < -0.39 is 16.1 Å². The van der Waals surface area contributed by atoms with Gasteiger partial charge in [0.15, 0.2) is 0 Å². The molecular weight excluding hydrogens is 414 g/mol. The number of hydrogen-bond acceptors (Lipinski definition) is 5. The fourth-order valence-electron chi connectivity index (χ4n) is 3.96. The molecule has 1 saturated heterocycles. The van der Waals surface area contributed by atoms with Crippen LogP contribution in [0.25, 0.3) is 0 Å². The second kappa shape index (κ2) is 9.80.